The number of alkyl halides is 3. The molecule has 1 amide bonds. The molecule has 5 nitrogen and oxygen atoms in total. The van der Waals surface area contributed by atoms with Crippen molar-refractivity contribution in [3.05, 3.63) is 52.0 Å². The third kappa shape index (κ3) is 6.20. The van der Waals surface area contributed by atoms with Crippen molar-refractivity contribution in [1.29, 1.82) is 0 Å². The molecule has 2 rings (SSSR count). The molecule has 0 aliphatic heterocycles. The van der Waals surface area contributed by atoms with E-state index in [1.807, 2.05) is 39.8 Å². The maximum absolute atomic E-state index is 13.6. The zero-order valence-electron chi connectivity index (χ0n) is 18.2. The van der Waals surface area contributed by atoms with Crippen LogP contribution in [0.4, 0.5) is 18.9 Å². The van der Waals surface area contributed by atoms with E-state index < -0.39 is 32.8 Å². The molecule has 0 N–H and O–H groups in total. The molecule has 0 fully saturated rings. The fourth-order valence-corrected chi connectivity index (χ4v) is 6.81. The maximum atomic E-state index is 13.6. The summed E-state index contributed by atoms with van der Waals surface area (Å²) in [6.45, 7) is 7.73. The first kappa shape index (κ1) is 26.5. The van der Waals surface area contributed by atoms with Gasteiger partial charge in [-0.15, -0.1) is 0 Å². The minimum atomic E-state index is -5.09. The fraction of sp³-hybridized carbons (Fsp3) is 0.381. The van der Waals surface area contributed by atoms with E-state index in [1.54, 1.807) is 6.07 Å². The summed E-state index contributed by atoms with van der Waals surface area (Å²) in [6.07, 6.45) is -3.76. The van der Waals surface area contributed by atoms with Crippen LogP contribution in [0.1, 0.15) is 25.0 Å². The van der Waals surface area contributed by atoms with Crippen molar-refractivity contribution in [2.75, 3.05) is 17.1 Å². The molecule has 11 heteroatoms. The standard InChI is InChI=1S/C21H24BrF3N2O3S2/c1-13(2)12-27(18-9-6-14(3)10-15(18)4)32(29,30)16-7-8-17(22)19(11-16)31(5)26-20(28)21(23,24)25/h6-11,13H,12H2,1-5H3. The van der Waals surface area contributed by atoms with E-state index >= 15 is 0 Å². The molecule has 1 atom stereocenters. The van der Waals surface area contributed by atoms with E-state index in [0.29, 0.717) is 10.2 Å². The monoisotopic (exact) mass is 552 g/mol. The molecule has 0 aliphatic rings. The smallest absolute Gasteiger partial charge is 0.266 e. The summed E-state index contributed by atoms with van der Waals surface area (Å²) < 4.78 is 70.0. The average Bonchev–Trinajstić information content (AvgIpc) is 2.65. The van der Waals surface area contributed by atoms with Crippen LogP contribution < -0.4 is 4.31 Å². The van der Waals surface area contributed by atoms with Crippen molar-refractivity contribution in [3.8, 4) is 0 Å². The molecule has 2 aromatic carbocycles. The molecule has 0 spiro atoms. The van der Waals surface area contributed by atoms with E-state index in [0.717, 1.165) is 11.1 Å². The topological polar surface area (TPSA) is 66.8 Å². The Morgan fingerprint density at radius 2 is 1.78 bits per heavy atom. The minimum Gasteiger partial charge on any atom is -0.266 e. The van der Waals surface area contributed by atoms with Gasteiger partial charge in [-0.3, -0.25) is 9.10 Å². The van der Waals surface area contributed by atoms with Crippen LogP contribution in [0.15, 0.2) is 55.0 Å². The van der Waals surface area contributed by atoms with E-state index in [1.165, 1.54) is 28.8 Å². The molecule has 0 radical (unpaired) electrons. The highest BCUT2D eigenvalue weighted by Gasteiger charge is 2.39. The molecule has 0 saturated carbocycles. The highest BCUT2D eigenvalue weighted by Crippen LogP contribution is 2.31. The normalized spacial score (nSPS) is 13.4. The van der Waals surface area contributed by atoms with E-state index in [4.69, 9.17) is 0 Å². The lowest BCUT2D eigenvalue weighted by Crippen LogP contribution is -2.35. The fourth-order valence-electron chi connectivity index (χ4n) is 2.97. The Balaban J connectivity index is 2.62. The van der Waals surface area contributed by atoms with Crippen LogP contribution in [-0.4, -0.2) is 33.3 Å². The van der Waals surface area contributed by atoms with Crippen molar-refractivity contribution >= 4 is 48.2 Å². The van der Waals surface area contributed by atoms with Gasteiger partial charge in [0.2, 0.25) is 0 Å². The average molecular weight is 553 g/mol. The molecule has 0 saturated heterocycles. The highest BCUT2D eigenvalue weighted by molar-refractivity contribution is 9.10. The van der Waals surface area contributed by atoms with Crippen LogP contribution in [-0.2, 0) is 25.5 Å². The molecular weight excluding hydrogens is 529 g/mol. The first-order valence-electron chi connectivity index (χ1n) is 9.53. The van der Waals surface area contributed by atoms with Crippen molar-refractivity contribution < 1.29 is 26.4 Å². The number of hydrogen-bond donors (Lipinski definition) is 0. The number of carbonyl (C=O) groups is 1. The Labute approximate surface area is 197 Å². The van der Waals surface area contributed by atoms with Crippen LogP contribution >= 0.6 is 15.9 Å². The minimum absolute atomic E-state index is 0.0144. The van der Waals surface area contributed by atoms with Gasteiger partial charge in [-0.05, 0) is 71.8 Å². The van der Waals surface area contributed by atoms with Gasteiger partial charge in [0.05, 0.1) is 10.6 Å². The Morgan fingerprint density at radius 3 is 2.31 bits per heavy atom. The Bertz CT molecular complexity index is 1160. The number of benzene rings is 2. The van der Waals surface area contributed by atoms with Gasteiger partial charge in [0, 0.05) is 15.9 Å². The van der Waals surface area contributed by atoms with Crippen molar-refractivity contribution in [2.24, 2.45) is 10.3 Å². The Morgan fingerprint density at radius 1 is 1.16 bits per heavy atom. The molecule has 0 aromatic heterocycles. The lowest BCUT2D eigenvalue weighted by Gasteiger charge is -2.28. The van der Waals surface area contributed by atoms with Gasteiger partial charge < -0.3 is 0 Å². The number of rotatable bonds is 6. The maximum Gasteiger partial charge on any atom is 0.474 e. The second-order valence-corrected chi connectivity index (χ2v) is 12.0. The van der Waals surface area contributed by atoms with Gasteiger partial charge >= 0.3 is 12.1 Å². The zero-order chi connectivity index (χ0) is 24.4. The molecule has 176 valence electrons. The van der Waals surface area contributed by atoms with Crippen molar-refractivity contribution in [3.63, 3.8) is 0 Å². The predicted octanol–water partition coefficient (Wildman–Crippen LogP) is 5.80. The number of nitrogens with zero attached hydrogens (tertiary/aromatic N) is 2. The van der Waals surface area contributed by atoms with Crippen LogP contribution in [0.3, 0.4) is 0 Å². The summed E-state index contributed by atoms with van der Waals surface area (Å²) in [5.74, 6) is -2.19. The predicted molar refractivity (Wildman–Crippen MR) is 124 cm³/mol. The summed E-state index contributed by atoms with van der Waals surface area (Å²) in [6, 6.07) is 9.54. The van der Waals surface area contributed by atoms with Crippen molar-refractivity contribution in [2.45, 2.75) is 43.7 Å². The van der Waals surface area contributed by atoms with Gasteiger partial charge in [-0.25, -0.2) is 8.42 Å². The second-order valence-electron chi connectivity index (χ2n) is 7.68. The van der Waals surface area contributed by atoms with Gasteiger partial charge in [-0.1, -0.05) is 42.2 Å². The third-order valence-corrected chi connectivity index (χ3v) is 8.57. The molecule has 1 unspecified atom stereocenters. The summed E-state index contributed by atoms with van der Waals surface area (Å²) >= 11 is 3.23. The van der Waals surface area contributed by atoms with Gasteiger partial charge in [-0.2, -0.15) is 17.5 Å². The van der Waals surface area contributed by atoms with Gasteiger partial charge in [0.15, 0.2) is 0 Å². The summed E-state index contributed by atoms with van der Waals surface area (Å²) in [5, 5.41) is 0. The number of sulfonamides is 1. The third-order valence-electron chi connectivity index (χ3n) is 4.42. The molecule has 0 heterocycles. The lowest BCUT2D eigenvalue weighted by molar-refractivity contribution is -0.169. The SMILES string of the molecule is Cc1ccc(N(CC(C)C)S(=O)(=O)c2ccc(Br)c(S(C)=NC(=O)C(F)(F)F)c2)c(C)c1. The van der Waals surface area contributed by atoms with Crippen LogP contribution in [0, 0.1) is 19.8 Å². The summed E-state index contributed by atoms with van der Waals surface area (Å²) in [5.41, 5.74) is 2.30. The molecule has 2 aromatic rings. The number of amides is 1. The summed E-state index contributed by atoms with van der Waals surface area (Å²) in [7, 11) is -5.56. The van der Waals surface area contributed by atoms with Crippen LogP contribution in [0.5, 0.6) is 0 Å². The zero-order valence-corrected chi connectivity index (χ0v) is 21.4. The van der Waals surface area contributed by atoms with E-state index in [-0.39, 0.29) is 22.3 Å². The molecular formula is C21H24BrF3N2O3S2. The molecule has 0 bridgehead atoms. The first-order valence-corrected chi connectivity index (χ1v) is 13.4. The second kappa shape index (κ2) is 10.0. The van der Waals surface area contributed by atoms with Crippen molar-refractivity contribution in [1.82, 2.24) is 0 Å². The number of aryl methyl sites for hydroxylation is 2. The first-order chi connectivity index (χ1) is 14.6. The number of anilines is 1. The Kier molecular flexibility index (Phi) is 8.33. The summed E-state index contributed by atoms with van der Waals surface area (Å²) in [4.78, 5) is 11.4. The van der Waals surface area contributed by atoms with Gasteiger partial charge in [0.1, 0.15) is 0 Å². The van der Waals surface area contributed by atoms with Crippen LogP contribution in [0.2, 0.25) is 0 Å². The highest BCUT2D eigenvalue weighted by atomic mass is 79.9. The number of hydrogen-bond acceptors (Lipinski definition) is 3. The largest absolute Gasteiger partial charge is 0.474 e. The molecule has 32 heavy (non-hydrogen) atoms. The van der Waals surface area contributed by atoms with Crippen LogP contribution in [0.25, 0.3) is 0 Å². The Hall–Kier alpha value is -1.72. The molecule has 0 aliphatic carbocycles. The van der Waals surface area contributed by atoms with E-state index in [2.05, 4.69) is 20.3 Å². The quantitative estimate of drug-likeness (QED) is 0.455. The number of carbonyl (C=O) groups excluding carboxylic acids is 1. The van der Waals surface area contributed by atoms with Gasteiger partial charge in [0.25, 0.3) is 10.0 Å². The lowest BCUT2D eigenvalue weighted by atomic mass is 10.1. The van der Waals surface area contributed by atoms with E-state index in [9.17, 15) is 26.4 Å². The number of halogens is 4.